The van der Waals surface area contributed by atoms with E-state index in [2.05, 4.69) is 34.0 Å². The molecule has 1 aromatic rings. The predicted molar refractivity (Wildman–Crippen MR) is 63.2 cm³/mol. The monoisotopic (exact) mass is 223 g/mol. The van der Waals surface area contributed by atoms with E-state index in [-0.39, 0.29) is 0 Å². The minimum atomic E-state index is 0.712. The van der Waals surface area contributed by atoms with E-state index in [1.165, 1.54) is 25.9 Å². The molecule has 1 aromatic heterocycles. The highest BCUT2D eigenvalue weighted by molar-refractivity contribution is 4.77. The van der Waals surface area contributed by atoms with Crippen LogP contribution in [0.4, 0.5) is 0 Å². The molecule has 0 spiro atoms. The van der Waals surface area contributed by atoms with Crippen molar-refractivity contribution in [2.24, 2.45) is 0 Å². The topological polar surface area (TPSA) is 37.2 Å². The van der Waals surface area contributed by atoms with Gasteiger partial charge in [0.1, 0.15) is 12.7 Å². The highest BCUT2D eigenvalue weighted by Gasteiger charge is 2.20. The van der Waals surface area contributed by atoms with Gasteiger partial charge >= 0.3 is 0 Å². The first-order valence-electron chi connectivity index (χ1n) is 5.97. The first-order valence-corrected chi connectivity index (χ1v) is 5.97. The molecule has 2 heterocycles. The Hall–Kier alpha value is -0.940. The van der Waals surface area contributed by atoms with Crippen LogP contribution in [0.25, 0.3) is 0 Å². The number of likely N-dealkylation sites (N-methyl/N-ethyl adjacent to an activating group) is 1. The van der Waals surface area contributed by atoms with Crippen molar-refractivity contribution in [3.05, 3.63) is 12.7 Å². The van der Waals surface area contributed by atoms with Crippen LogP contribution in [0.3, 0.4) is 0 Å². The van der Waals surface area contributed by atoms with Gasteiger partial charge in [-0.15, -0.1) is 0 Å². The number of hydrogen-bond donors (Lipinski definition) is 0. The number of piperidine rings is 1. The fourth-order valence-corrected chi connectivity index (χ4v) is 2.25. The Kier molecular flexibility index (Phi) is 3.90. The summed E-state index contributed by atoms with van der Waals surface area (Å²) in [6.07, 6.45) is 6.01. The molecule has 5 heteroatoms. The van der Waals surface area contributed by atoms with Crippen LogP contribution < -0.4 is 0 Å². The van der Waals surface area contributed by atoms with E-state index in [0.717, 1.165) is 13.1 Å². The van der Waals surface area contributed by atoms with Crippen LogP contribution in [0.1, 0.15) is 12.8 Å². The van der Waals surface area contributed by atoms with E-state index in [0.29, 0.717) is 6.04 Å². The molecule has 0 aromatic carbocycles. The average molecular weight is 223 g/mol. The maximum absolute atomic E-state index is 4.12. The van der Waals surface area contributed by atoms with E-state index < -0.39 is 0 Å². The number of likely N-dealkylation sites (tertiary alicyclic amines) is 1. The van der Waals surface area contributed by atoms with Crippen molar-refractivity contribution in [1.29, 1.82) is 0 Å². The van der Waals surface area contributed by atoms with Crippen molar-refractivity contribution in [3.63, 3.8) is 0 Å². The fourth-order valence-electron chi connectivity index (χ4n) is 2.25. The molecule has 0 bridgehead atoms. The summed E-state index contributed by atoms with van der Waals surface area (Å²) >= 11 is 0. The zero-order valence-electron chi connectivity index (χ0n) is 10.2. The Morgan fingerprint density at radius 1 is 1.38 bits per heavy atom. The molecule has 1 fully saturated rings. The predicted octanol–water partition coefficient (Wildman–Crippen LogP) is 0.304. The molecule has 0 aliphatic carbocycles. The molecule has 1 aliphatic rings. The van der Waals surface area contributed by atoms with Gasteiger partial charge in [0.25, 0.3) is 0 Å². The summed E-state index contributed by atoms with van der Waals surface area (Å²) in [5.74, 6) is 0. The SMILES string of the molecule is CN(C)C1CCCN(CCn2cncn2)C1. The fraction of sp³-hybridized carbons (Fsp3) is 0.818. The molecule has 0 N–H and O–H groups in total. The third kappa shape index (κ3) is 3.02. The van der Waals surface area contributed by atoms with Crippen LogP contribution >= 0.6 is 0 Å². The van der Waals surface area contributed by atoms with Gasteiger partial charge in [-0.3, -0.25) is 9.58 Å². The van der Waals surface area contributed by atoms with Gasteiger partial charge in [-0.25, -0.2) is 4.98 Å². The smallest absolute Gasteiger partial charge is 0.137 e. The van der Waals surface area contributed by atoms with E-state index >= 15 is 0 Å². The van der Waals surface area contributed by atoms with Gasteiger partial charge in [0, 0.05) is 19.1 Å². The van der Waals surface area contributed by atoms with Crippen LogP contribution in [0.15, 0.2) is 12.7 Å². The quantitative estimate of drug-likeness (QED) is 0.736. The number of nitrogens with zero attached hydrogens (tertiary/aromatic N) is 5. The summed E-state index contributed by atoms with van der Waals surface area (Å²) in [7, 11) is 4.34. The molecule has 1 aliphatic heterocycles. The van der Waals surface area contributed by atoms with Gasteiger partial charge in [-0.05, 0) is 33.5 Å². The molecule has 0 amide bonds. The molecule has 0 radical (unpaired) electrons. The molecule has 1 unspecified atom stereocenters. The maximum atomic E-state index is 4.12. The van der Waals surface area contributed by atoms with Gasteiger partial charge < -0.3 is 4.90 Å². The minimum Gasteiger partial charge on any atom is -0.305 e. The first-order chi connectivity index (χ1) is 7.75. The standard InChI is InChI=1S/C11H21N5/c1-14(2)11-4-3-5-15(8-11)6-7-16-10-12-9-13-16/h9-11H,3-8H2,1-2H3. The highest BCUT2D eigenvalue weighted by atomic mass is 15.3. The number of rotatable bonds is 4. The average Bonchev–Trinajstić information content (AvgIpc) is 2.79. The van der Waals surface area contributed by atoms with E-state index in [4.69, 9.17) is 0 Å². The largest absolute Gasteiger partial charge is 0.305 e. The van der Waals surface area contributed by atoms with Gasteiger partial charge in [0.15, 0.2) is 0 Å². The van der Waals surface area contributed by atoms with Crippen molar-refractivity contribution in [3.8, 4) is 0 Å². The second kappa shape index (κ2) is 5.41. The lowest BCUT2D eigenvalue weighted by Crippen LogP contribution is -2.45. The Bertz CT molecular complexity index is 295. The Balaban J connectivity index is 1.77. The van der Waals surface area contributed by atoms with Crippen molar-refractivity contribution in [1.82, 2.24) is 24.6 Å². The summed E-state index contributed by atoms with van der Waals surface area (Å²) in [6.45, 7) is 4.43. The van der Waals surface area contributed by atoms with Crippen molar-refractivity contribution < 1.29 is 0 Å². The van der Waals surface area contributed by atoms with Crippen LogP contribution in [0.5, 0.6) is 0 Å². The number of aromatic nitrogens is 3. The Morgan fingerprint density at radius 2 is 2.25 bits per heavy atom. The number of hydrogen-bond acceptors (Lipinski definition) is 4. The van der Waals surface area contributed by atoms with Gasteiger partial charge in [0.2, 0.25) is 0 Å². The third-order valence-electron chi connectivity index (χ3n) is 3.32. The normalized spacial score (nSPS) is 22.8. The summed E-state index contributed by atoms with van der Waals surface area (Å²) in [6, 6.07) is 0.712. The Labute approximate surface area is 97.1 Å². The van der Waals surface area contributed by atoms with Crippen molar-refractivity contribution in [2.45, 2.75) is 25.4 Å². The molecule has 1 atom stereocenters. The zero-order chi connectivity index (χ0) is 11.4. The Morgan fingerprint density at radius 3 is 2.94 bits per heavy atom. The van der Waals surface area contributed by atoms with Gasteiger partial charge in [0.05, 0.1) is 6.54 Å². The summed E-state index contributed by atoms with van der Waals surface area (Å²) < 4.78 is 1.90. The van der Waals surface area contributed by atoms with Gasteiger partial charge in [-0.2, -0.15) is 5.10 Å². The van der Waals surface area contributed by atoms with E-state index in [1.807, 2.05) is 4.68 Å². The molecule has 1 saturated heterocycles. The molecule has 16 heavy (non-hydrogen) atoms. The molecule has 2 rings (SSSR count). The lowest BCUT2D eigenvalue weighted by Gasteiger charge is -2.36. The summed E-state index contributed by atoms with van der Waals surface area (Å²) in [5, 5.41) is 4.12. The molecule has 0 saturated carbocycles. The zero-order valence-corrected chi connectivity index (χ0v) is 10.2. The first kappa shape index (κ1) is 11.5. The van der Waals surface area contributed by atoms with Crippen LogP contribution in [-0.2, 0) is 6.54 Å². The van der Waals surface area contributed by atoms with Gasteiger partial charge in [-0.1, -0.05) is 0 Å². The van der Waals surface area contributed by atoms with Crippen LogP contribution in [0.2, 0.25) is 0 Å². The van der Waals surface area contributed by atoms with Crippen molar-refractivity contribution >= 4 is 0 Å². The lowest BCUT2D eigenvalue weighted by atomic mass is 10.1. The van der Waals surface area contributed by atoms with Crippen LogP contribution in [0, 0.1) is 0 Å². The minimum absolute atomic E-state index is 0.712. The maximum Gasteiger partial charge on any atom is 0.137 e. The highest BCUT2D eigenvalue weighted by Crippen LogP contribution is 2.13. The second-order valence-electron chi connectivity index (χ2n) is 4.72. The van der Waals surface area contributed by atoms with Crippen LogP contribution in [-0.4, -0.2) is 64.3 Å². The van der Waals surface area contributed by atoms with E-state index in [1.54, 1.807) is 12.7 Å². The lowest BCUT2D eigenvalue weighted by molar-refractivity contribution is 0.129. The third-order valence-corrected chi connectivity index (χ3v) is 3.32. The summed E-state index contributed by atoms with van der Waals surface area (Å²) in [4.78, 5) is 8.81. The molecular formula is C11H21N5. The van der Waals surface area contributed by atoms with E-state index in [9.17, 15) is 0 Å². The molecular weight excluding hydrogens is 202 g/mol. The molecule has 5 nitrogen and oxygen atoms in total. The summed E-state index contributed by atoms with van der Waals surface area (Å²) in [5.41, 5.74) is 0. The van der Waals surface area contributed by atoms with Crippen molar-refractivity contribution in [2.75, 3.05) is 33.7 Å². The second-order valence-corrected chi connectivity index (χ2v) is 4.72. The molecule has 90 valence electrons.